The van der Waals surface area contributed by atoms with Crippen molar-refractivity contribution in [1.82, 2.24) is 24.5 Å². The third-order valence-electron chi connectivity index (χ3n) is 4.96. The molecular weight excluding hydrogens is 276 g/mol. The van der Waals surface area contributed by atoms with E-state index in [2.05, 4.69) is 39.4 Å². The highest BCUT2D eigenvalue weighted by molar-refractivity contribution is 5.45. The summed E-state index contributed by atoms with van der Waals surface area (Å²) in [6.07, 6.45) is 9.39. The zero-order valence-electron chi connectivity index (χ0n) is 13.8. The molecule has 1 saturated carbocycles. The Bertz CT molecular complexity index is 625. The van der Waals surface area contributed by atoms with Gasteiger partial charge < -0.3 is 10.2 Å². The third kappa shape index (κ3) is 2.92. The molecule has 0 saturated heterocycles. The number of hydrogen-bond donors (Lipinski definition) is 1. The number of aryl methyl sites for hydroxylation is 1. The Hall–Kier alpha value is -1.69. The Morgan fingerprint density at radius 3 is 2.64 bits per heavy atom. The van der Waals surface area contributed by atoms with Crippen molar-refractivity contribution in [3.05, 3.63) is 18.1 Å². The molecule has 22 heavy (non-hydrogen) atoms. The maximum atomic E-state index is 4.40. The van der Waals surface area contributed by atoms with Crippen molar-refractivity contribution in [1.29, 1.82) is 0 Å². The number of anilines is 1. The van der Waals surface area contributed by atoms with Crippen LogP contribution in [0.4, 0.5) is 5.82 Å². The molecule has 1 fully saturated rings. The molecule has 0 aromatic carbocycles. The average molecular weight is 302 g/mol. The van der Waals surface area contributed by atoms with E-state index in [1.807, 2.05) is 13.0 Å². The molecule has 2 heterocycles. The van der Waals surface area contributed by atoms with Crippen LogP contribution in [0.2, 0.25) is 0 Å². The van der Waals surface area contributed by atoms with Crippen LogP contribution in [0.1, 0.15) is 44.2 Å². The van der Waals surface area contributed by atoms with Crippen molar-refractivity contribution in [2.24, 2.45) is 0 Å². The first kappa shape index (κ1) is 15.2. The van der Waals surface area contributed by atoms with E-state index in [0.29, 0.717) is 5.78 Å². The lowest BCUT2D eigenvalue weighted by atomic mass is 9.88. The van der Waals surface area contributed by atoms with E-state index in [4.69, 9.17) is 0 Å². The van der Waals surface area contributed by atoms with Crippen LogP contribution in [0.15, 0.2) is 12.4 Å². The molecule has 0 atom stereocenters. The second-order valence-electron chi connectivity index (χ2n) is 6.64. The van der Waals surface area contributed by atoms with Gasteiger partial charge in [-0.1, -0.05) is 25.7 Å². The summed E-state index contributed by atoms with van der Waals surface area (Å²) in [5, 5.41) is 7.89. The minimum absolute atomic E-state index is 0.223. The molecule has 1 aliphatic carbocycles. The number of fused-ring (bicyclic) bond motifs is 1. The van der Waals surface area contributed by atoms with E-state index in [-0.39, 0.29) is 5.54 Å². The maximum Gasteiger partial charge on any atom is 0.254 e. The fourth-order valence-electron chi connectivity index (χ4n) is 3.48. The average Bonchev–Trinajstić information content (AvgIpc) is 2.81. The Kier molecular flexibility index (Phi) is 4.29. The first-order valence-electron chi connectivity index (χ1n) is 8.19. The summed E-state index contributed by atoms with van der Waals surface area (Å²) in [4.78, 5) is 11.0. The van der Waals surface area contributed by atoms with Gasteiger partial charge in [-0.15, -0.1) is 0 Å². The topological polar surface area (TPSA) is 58.4 Å². The molecule has 1 aliphatic rings. The Labute approximate surface area is 131 Å². The largest absolute Gasteiger partial charge is 0.368 e. The van der Waals surface area contributed by atoms with Crippen molar-refractivity contribution in [3.63, 3.8) is 0 Å². The van der Waals surface area contributed by atoms with Crippen molar-refractivity contribution >= 4 is 11.6 Å². The van der Waals surface area contributed by atoms with Gasteiger partial charge in [0.05, 0.1) is 0 Å². The molecule has 120 valence electrons. The van der Waals surface area contributed by atoms with Gasteiger partial charge in [0.15, 0.2) is 0 Å². The fourth-order valence-corrected chi connectivity index (χ4v) is 3.48. The molecule has 0 amide bonds. The maximum absolute atomic E-state index is 4.40. The molecule has 2 aromatic rings. The van der Waals surface area contributed by atoms with Crippen LogP contribution in [0.5, 0.6) is 0 Å². The highest BCUT2D eigenvalue weighted by Crippen LogP contribution is 2.31. The number of aromatic nitrogens is 4. The zero-order valence-corrected chi connectivity index (χ0v) is 13.8. The fraction of sp³-hybridized carbons (Fsp3) is 0.688. The van der Waals surface area contributed by atoms with Crippen molar-refractivity contribution in [2.45, 2.75) is 51.0 Å². The summed E-state index contributed by atoms with van der Waals surface area (Å²) in [6, 6.07) is 2.04. The highest BCUT2D eigenvalue weighted by Gasteiger charge is 2.33. The number of likely N-dealkylation sites (N-methyl/N-ethyl adjacent to an activating group) is 1. The molecular formula is C16H26N6. The number of rotatable bonds is 4. The van der Waals surface area contributed by atoms with E-state index in [1.54, 1.807) is 10.8 Å². The van der Waals surface area contributed by atoms with E-state index < -0.39 is 0 Å². The predicted octanol–water partition coefficient (Wildman–Crippen LogP) is 2.50. The summed E-state index contributed by atoms with van der Waals surface area (Å²) in [7, 11) is 4.41. The summed E-state index contributed by atoms with van der Waals surface area (Å²) in [5.74, 6) is 1.63. The monoisotopic (exact) mass is 302 g/mol. The van der Waals surface area contributed by atoms with Gasteiger partial charge in [0, 0.05) is 23.8 Å². The van der Waals surface area contributed by atoms with Gasteiger partial charge in [0.2, 0.25) is 0 Å². The Morgan fingerprint density at radius 1 is 1.23 bits per heavy atom. The molecule has 0 bridgehead atoms. The van der Waals surface area contributed by atoms with Crippen LogP contribution in [-0.2, 0) is 0 Å². The van der Waals surface area contributed by atoms with Crippen LogP contribution in [-0.4, -0.2) is 50.7 Å². The molecule has 0 aliphatic heterocycles. The van der Waals surface area contributed by atoms with Gasteiger partial charge in [-0.2, -0.15) is 14.6 Å². The van der Waals surface area contributed by atoms with Crippen LogP contribution in [0.25, 0.3) is 5.78 Å². The zero-order chi connectivity index (χ0) is 15.6. The van der Waals surface area contributed by atoms with Crippen molar-refractivity contribution in [3.8, 4) is 0 Å². The van der Waals surface area contributed by atoms with Gasteiger partial charge in [0.25, 0.3) is 5.78 Å². The van der Waals surface area contributed by atoms with Crippen LogP contribution in [0.3, 0.4) is 0 Å². The number of nitrogens with one attached hydrogen (secondary N) is 1. The Morgan fingerprint density at radius 2 is 1.95 bits per heavy atom. The van der Waals surface area contributed by atoms with Crippen LogP contribution in [0, 0.1) is 6.92 Å². The second kappa shape index (κ2) is 6.20. The first-order valence-corrected chi connectivity index (χ1v) is 8.19. The summed E-state index contributed by atoms with van der Waals surface area (Å²) in [6.45, 7) is 2.92. The van der Waals surface area contributed by atoms with Crippen LogP contribution < -0.4 is 5.32 Å². The lowest BCUT2D eigenvalue weighted by molar-refractivity contribution is 0.143. The van der Waals surface area contributed by atoms with Gasteiger partial charge in [-0.3, -0.25) is 0 Å². The molecule has 1 N–H and O–H groups in total. The summed E-state index contributed by atoms with van der Waals surface area (Å²) >= 11 is 0. The molecule has 6 nitrogen and oxygen atoms in total. The van der Waals surface area contributed by atoms with Crippen molar-refractivity contribution < 1.29 is 0 Å². The quantitative estimate of drug-likeness (QED) is 0.879. The van der Waals surface area contributed by atoms with E-state index in [0.717, 1.165) is 18.1 Å². The molecule has 6 heteroatoms. The molecule has 0 spiro atoms. The van der Waals surface area contributed by atoms with Gasteiger partial charge in [-0.05, 0) is 33.9 Å². The lowest BCUT2D eigenvalue weighted by Gasteiger charge is -2.40. The van der Waals surface area contributed by atoms with Gasteiger partial charge >= 0.3 is 0 Å². The minimum Gasteiger partial charge on any atom is -0.368 e. The summed E-state index contributed by atoms with van der Waals surface area (Å²) in [5.41, 5.74) is 1.18. The first-order chi connectivity index (χ1) is 10.6. The smallest absolute Gasteiger partial charge is 0.254 e. The summed E-state index contributed by atoms with van der Waals surface area (Å²) < 4.78 is 1.78. The minimum atomic E-state index is 0.223. The van der Waals surface area contributed by atoms with E-state index >= 15 is 0 Å². The van der Waals surface area contributed by atoms with E-state index in [1.165, 1.54) is 38.5 Å². The highest BCUT2D eigenvalue weighted by atomic mass is 15.4. The third-order valence-corrected chi connectivity index (χ3v) is 4.96. The SMILES string of the molecule is Cc1cc(NCC2(N(C)C)CCCCCC2)n2ncnc2n1. The molecule has 0 radical (unpaired) electrons. The Balaban J connectivity index is 1.83. The number of hydrogen-bond acceptors (Lipinski definition) is 5. The molecule has 0 unspecified atom stereocenters. The van der Waals surface area contributed by atoms with E-state index in [9.17, 15) is 0 Å². The standard InChI is InChI=1S/C16H26N6/c1-13-10-14(22-15(20-13)18-12-19-22)17-11-16(21(2)3)8-6-4-5-7-9-16/h10,12,17H,4-9,11H2,1-3H3. The normalized spacial score (nSPS) is 18.5. The predicted molar refractivity (Wildman–Crippen MR) is 88.1 cm³/mol. The molecule has 2 aromatic heterocycles. The van der Waals surface area contributed by atoms with Gasteiger partial charge in [-0.25, -0.2) is 4.98 Å². The second-order valence-corrected chi connectivity index (χ2v) is 6.64. The lowest BCUT2D eigenvalue weighted by Crippen LogP contribution is -2.49. The molecule has 3 rings (SSSR count). The van der Waals surface area contributed by atoms with Gasteiger partial charge in [0.1, 0.15) is 12.1 Å². The van der Waals surface area contributed by atoms with Crippen LogP contribution >= 0.6 is 0 Å². The van der Waals surface area contributed by atoms with Crippen molar-refractivity contribution in [2.75, 3.05) is 26.0 Å². The number of nitrogens with zero attached hydrogens (tertiary/aromatic N) is 5.